The van der Waals surface area contributed by atoms with Crippen LogP contribution in [0.4, 0.5) is 0 Å². The highest BCUT2D eigenvalue weighted by Crippen LogP contribution is 2.20. The summed E-state index contributed by atoms with van der Waals surface area (Å²) >= 11 is 0. The Hall–Kier alpha value is -2.92. The van der Waals surface area contributed by atoms with E-state index in [1.54, 1.807) is 12.1 Å². The fourth-order valence-corrected chi connectivity index (χ4v) is 5.02. The zero-order valence-corrected chi connectivity index (χ0v) is 20.8. The maximum atomic E-state index is 12.4. The normalized spacial score (nSPS) is 11.3. The molecule has 0 unspecified atom stereocenters. The predicted molar refractivity (Wildman–Crippen MR) is 140 cm³/mol. The van der Waals surface area contributed by atoms with Crippen LogP contribution in [-0.4, -0.2) is 20.1 Å². The summed E-state index contributed by atoms with van der Waals surface area (Å²) in [6.07, 6.45) is 7.71. The molecule has 0 aliphatic carbocycles. The third-order valence-electron chi connectivity index (χ3n) is 5.99. The summed E-state index contributed by atoms with van der Waals surface area (Å²) in [6, 6.07) is 26.1. The molecule has 3 aromatic rings. The summed E-state index contributed by atoms with van der Waals surface area (Å²) in [5, 5.41) is 0. The van der Waals surface area contributed by atoms with Crippen molar-refractivity contribution < 1.29 is 13.2 Å². The molecule has 0 aromatic heterocycles. The number of sulfonamides is 1. The van der Waals surface area contributed by atoms with Gasteiger partial charge in [0, 0.05) is 5.56 Å². The first-order chi connectivity index (χ1) is 16.5. The number of nitrogens with one attached hydrogen (secondary N) is 1. The van der Waals surface area contributed by atoms with Gasteiger partial charge in [0.15, 0.2) is 0 Å². The number of rotatable bonds is 13. The fraction of sp³-hybridized carbons (Fsp3) is 0.345. The lowest BCUT2D eigenvalue weighted by Crippen LogP contribution is -2.32. The van der Waals surface area contributed by atoms with E-state index in [9.17, 15) is 13.2 Å². The maximum absolute atomic E-state index is 12.4. The van der Waals surface area contributed by atoms with E-state index >= 15 is 0 Å². The van der Waals surface area contributed by atoms with Crippen LogP contribution in [0.25, 0.3) is 11.1 Å². The van der Waals surface area contributed by atoms with E-state index in [-0.39, 0.29) is 5.75 Å². The molecule has 5 heteroatoms. The quantitative estimate of drug-likeness (QED) is 0.284. The lowest BCUT2D eigenvalue weighted by Gasteiger charge is -2.08. The summed E-state index contributed by atoms with van der Waals surface area (Å²) in [7, 11) is -3.60. The summed E-state index contributed by atoms with van der Waals surface area (Å²) < 4.78 is 26.6. The Morgan fingerprint density at radius 1 is 0.676 bits per heavy atom. The van der Waals surface area contributed by atoms with Gasteiger partial charge in [0.05, 0.1) is 5.75 Å². The zero-order chi connectivity index (χ0) is 24.2. The lowest BCUT2D eigenvalue weighted by atomic mass is 10.00. The summed E-state index contributed by atoms with van der Waals surface area (Å²) in [5.74, 6) is -0.569. The van der Waals surface area contributed by atoms with E-state index in [0.29, 0.717) is 12.0 Å². The zero-order valence-electron chi connectivity index (χ0n) is 20.0. The van der Waals surface area contributed by atoms with Crippen molar-refractivity contribution in [1.29, 1.82) is 0 Å². The first kappa shape index (κ1) is 25.7. The standard InChI is InChI=1S/C29H35NO3S/c1-2-3-4-5-6-10-23-34(32,33)30-29(31)28-21-17-25(18-22-28)14-13-24-15-19-27(20-16-24)26-11-8-7-9-12-26/h7-9,11-12,15-22H,2-6,10,13-14,23H2,1H3,(H,30,31). The van der Waals surface area contributed by atoms with E-state index in [2.05, 4.69) is 48.0 Å². The SMILES string of the molecule is CCCCCCCCS(=O)(=O)NC(=O)c1ccc(CCc2ccc(-c3ccccc3)cc2)cc1. The molecule has 3 rings (SSSR count). The second-order valence-electron chi connectivity index (χ2n) is 8.78. The molecule has 0 radical (unpaired) electrons. The minimum atomic E-state index is -3.60. The first-order valence-electron chi connectivity index (χ1n) is 12.2. The van der Waals surface area contributed by atoms with E-state index in [1.807, 2.05) is 30.3 Å². The van der Waals surface area contributed by atoms with Crippen LogP contribution in [0.3, 0.4) is 0 Å². The first-order valence-corrected chi connectivity index (χ1v) is 13.9. The number of carbonyl (C=O) groups excluding carboxylic acids is 1. The van der Waals surface area contributed by atoms with E-state index < -0.39 is 15.9 Å². The Balaban J connectivity index is 1.45. The molecule has 34 heavy (non-hydrogen) atoms. The fourth-order valence-electron chi connectivity index (χ4n) is 3.93. The molecule has 0 aliphatic rings. The van der Waals surface area contributed by atoms with Gasteiger partial charge in [0.2, 0.25) is 10.0 Å². The van der Waals surface area contributed by atoms with Crippen LogP contribution in [-0.2, 0) is 22.9 Å². The van der Waals surface area contributed by atoms with Crippen molar-refractivity contribution in [2.45, 2.75) is 58.3 Å². The van der Waals surface area contributed by atoms with Crippen LogP contribution in [0, 0.1) is 0 Å². The smallest absolute Gasteiger partial charge is 0.264 e. The molecule has 0 bridgehead atoms. The van der Waals surface area contributed by atoms with Crippen LogP contribution in [0.15, 0.2) is 78.9 Å². The third kappa shape index (κ3) is 8.45. The number of hydrogen-bond donors (Lipinski definition) is 1. The van der Waals surface area contributed by atoms with Gasteiger partial charge in [-0.15, -0.1) is 0 Å². The van der Waals surface area contributed by atoms with Gasteiger partial charge >= 0.3 is 0 Å². The van der Waals surface area contributed by atoms with Crippen molar-refractivity contribution >= 4 is 15.9 Å². The monoisotopic (exact) mass is 477 g/mol. The molecule has 0 saturated carbocycles. The van der Waals surface area contributed by atoms with Gasteiger partial charge in [-0.05, 0) is 53.6 Å². The van der Waals surface area contributed by atoms with Crippen molar-refractivity contribution in [1.82, 2.24) is 4.72 Å². The van der Waals surface area contributed by atoms with Crippen molar-refractivity contribution in [3.8, 4) is 11.1 Å². The van der Waals surface area contributed by atoms with Crippen molar-refractivity contribution in [3.05, 3.63) is 95.6 Å². The molecule has 0 saturated heterocycles. The summed E-state index contributed by atoms with van der Waals surface area (Å²) in [5.41, 5.74) is 5.13. The molecule has 0 heterocycles. The number of unbranched alkanes of at least 4 members (excludes halogenated alkanes) is 5. The highest BCUT2D eigenvalue weighted by atomic mass is 32.2. The molecule has 0 atom stereocenters. The average molecular weight is 478 g/mol. The summed E-state index contributed by atoms with van der Waals surface area (Å²) in [6.45, 7) is 2.15. The Bertz CT molecular complexity index is 1120. The minimum absolute atomic E-state index is 0.00793. The highest BCUT2D eigenvalue weighted by molar-refractivity contribution is 7.90. The molecule has 0 aliphatic heterocycles. The van der Waals surface area contributed by atoms with Crippen molar-refractivity contribution in [3.63, 3.8) is 0 Å². The van der Waals surface area contributed by atoms with Crippen LogP contribution in [0.2, 0.25) is 0 Å². The van der Waals surface area contributed by atoms with Gasteiger partial charge in [0.1, 0.15) is 0 Å². The highest BCUT2D eigenvalue weighted by Gasteiger charge is 2.15. The number of amides is 1. The van der Waals surface area contributed by atoms with Crippen molar-refractivity contribution in [2.24, 2.45) is 0 Å². The number of hydrogen-bond acceptors (Lipinski definition) is 3. The number of benzene rings is 3. The van der Waals surface area contributed by atoms with Gasteiger partial charge in [-0.25, -0.2) is 13.1 Å². The lowest BCUT2D eigenvalue weighted by molar-refractivity contribution is 0.0981. The van der Waals surface area contributed by atoms with Crippen LogP contribution >= 0.6 is 0 Å². The average Bonchev–Trinajstić information content (AvgIpc) is 2.86. The van der Waals surface area contributed by atoms with E-state index in [0.717, 1.165) is 44.1 Å². The van der Waals surface area contributed by atoms with Gasteiger partial charge < -0.3 is 0 Å². The molecule has 0 fully saturated rings. The van der Waals surface area contributed by atoms with Gasteiger partial charge in [0.25, 0.3) is 5.91 Å². The van der Waals surface area contributed by atoms with Gasteiger partial charge in [-0.1, -0.05) is 106 Å². The largest absolute Gasteiger partial charge is 0.268 e. The Morgan fingerprint density at radius 3 is 1.82 bits per heavy atom. The Morgan fingerprint density at radius 2 is 1.21 bits per heavy atom. The Labute approximate surface area is 204 Å². The predicted octanol–water partition coefficient (Wildman–Crippen LogP) is 6.56. The summed E-state index contributed by atoms with van der Waals surface area (Å²) in [4.78, 5) is 12.4. The molecule has 0 spiro atoms. The number of aryl methyl sites for hydroxylation is 2. The third-order valence-corrected chi connectivity index (χ3v) is 7.32. The molecule has 180 valence electrons. The molecule has 4 nitrogen and oxygen atoms in total. The van der Waals surface area contributed by atoms with E-state index in [1.165, 1.54) is 23.1 Å². The molecule has 1 N–H and O–H groups in total. The van der Waals surface area contributed by atoms with E-state index in [4.69, 9.17) is 0 Å². The Kier molecular flexibility index (Phi) is 9.89. The van der Waals surface area contributed by atoms with Crippen LogP contribution in [0.1, 0.15) is 66.9 Å². The second kappa shape index (κ2) is 13.1. The van der Waals surface area contributed by atoms with Crippen molar-refractivity contribution in [2.75, 3.05) is 5.75 Å². The van der Waals surface area contributed by atoms with Crippen LogP contribution < -0.4 is 4.72 Å². The maximum Gasteiger partial charge on any atom is 0.264 e. The van der Waals surface area contributed by atoms with Gasteiger partial charge in [-0.2, -0.15) is 0 Å². The topological polar surface area (TPSA) is 63.2 Å². The van der Waals surface area contributed by atoms with Crippen LogP contribution in [0.5, 0.6) is 0 Å². The van der Waals surface area contributed by atoms with Gasteiger partial charge in [-0.3, -0.25) is 4.79 Å². The molecular weight excluding hydrogens is 442 g/mol. The second-order valence-corrected chi connectivity index (χ2v) is 10.6. The molecular formula is C29H35NO3S. The molecule has 1 amide bonds. The number of carbonyl (C=O) groups is 1. The minimum Gasteiger partial charge on any atom is -0.268 e. The molecule has 3 aromatic carbocycles.